The van der Waals surface area contributed by atoms with E-state index >= 15 is 0 Å². The molecule has 15 heavy (non-hydrogen) atoms. The van der Waals surface area contributed by atoms with E-state index in [1.54, 1.807) is 0 Å². The van der Waals surface area contributed by atoms with Gasteiger partial charge in [0.1, 0.15) is 0 Å². The third kappa shape index (κ3) is 2.79. The predicted molar refractivity (Wildman–Crippen MR) is 65.4 cm³/mol. The molecule has 1 aromatic heterocycles. The van der Waals surface area contributed by atoms with Crippen LogP contribution in [0.4, 0.5) is 0 Å². The van der Waals surface area contributed by atoms with Crippen LogP contribution in [0.3, 0.4) is 0 Å². The lowest BCUT2D eigenvalue weighted by molar-refractivity contribution is 0.689. The average Bonchev–Trinajstić information content (AvgIpc) is 2.94. The van der Waals surface area contributed by atoms with Crippen LogP contribution < -0.4 is 5.32 Å². The van der Waals surface area contributed by atoms with Crippen LogP contribution in [0.1, 0.15) is 55.1 Å². The average molecular weight is 224 g/mol. The number of nitrogens with zero attached hydrogens (tertiary/aromatic N) is 1. The molecule has 0 radical (unpaired) electrons. The predicted octanol–water partition coefficient (Wildman–Crippen LogP) is 3.08. The minimum atomic E-state index is 0.565. The number of rotatable bonds is 5. The molecule has 1 aromatic rings. The van der Waals surface area contributed by atoms with Crippen molar-refractivity contribution in [1.82, 2.24) is 10.3 Å². The molecule has 1 aliphatic rings. The van der Waals surface area contributed by atoms with Gasteiger partial charge in [-0.1, -0.05) is 20.8 Å². The number of nitrogens with one attached hydrogen (secondary N) is 1. The van der Waals surface area contributed by atoms with E-state index < -0.39 is 0 Å². The second-order valence-electron chi connectivity index (χ2n) is 4.59. The summed E-state index contributed by atoms with van der Waals surface area (Å²) in [5.41, 5.74) is 1.30. The fraction of sp³-hybridized carbons (Fsp3) is 0.750. The molecule has 2 rings (SSSR count). The minimum Gasteiger partial charge on any atom is -0.309 e. The summed E-state index contributed by atoms with van der Waals surface area (Å²) in [6, 6.07) is 0.791. The fourth-order valence-corrected chi connectivity index (χ4v) is 2.70. The molecule has 84 valence electrons. The van der Waals surface area contributed by atoms with Crippen LogP contribution in [0.25, 0.3) is 0 Å². The Bertz CT molecular complexity index is 326. The van der Waals surface area contributed by atoms with E-state index in [4.69, 9.17) is 4.98 Å². The Labute approximate surface area is 96.1 Å². The van der Waals surface area contributed by atoms with E-state index in [2.05, 4.69) is 26.1 Å². The Kier molecular flexibility index (Phi) is 3.42. The molecule has 0 atom stereocenters. The maximum atomic E-state index is 4.71. The van der Waals surface area contributed by atoms with Gasteiger partial charge in [0.2, 0.25) is 0 Å². The maximum absolute atomic E-state index is 4.71. The van der Waals surface area contributed by atoms with Gasteiger partial charge in [0.15, 0.2) is 0 Å². The van der Waals surface area contributed by atoms with E-state index in [1.165, 1.54) is 28.4 Å². The Morgan fingerprint density at radius 1 is 1.47 bits per heavy atom. The highest BCUT2D eigenvalue weighted by Gasteiger charge is 2.21. The number of thiazole rings is 1. The number of hydrogen-bond acceptors (Lipinski definition) is 3. The van der Waals surface area contributed by atoms with E-state index in [1.807, 2.05) is 11.3 Å². The van der Waals surface area contributed by atoms with Crippen molar-refractivity contribution >= 4 is 11.3 Å². The summed E-state index contributed by atoms with van der Waals surface area (Å²) in [5.74, 6) is 0.565. The van der Waals surface area contributed by atoms with Crippen molar-refractivity contribution in [2.75, 3.05) is 0 Å². The third-order valence-corrected chi connectivity index (χ3v) is 4.15. The number of aryl methyl sites for hydroxylation is 1. The molecule has 0 aromatic carbocycles. The molecule has 1 aliphatic carbocycles. The molecule has 3 heteroatoms. The number of aromatic nitrogens is 1. The Morgan fingerprint density at radius 3 is 2.73 bits per heavy atom. The van der Waals surface area contributed by atoms with Gasteiger partial charge in [0, 0.05) is 23.4 Å². The molecular weight excluding hydrogens is 204 g/mol. The van der Waals surface area contributed by atoms with E-state index in [9.17, 15) is 0 Å². The number of hydrogen-bond donors (Lipinski definition) is 1. The second-order valence-corrected chi connectivity index (χ2v) is 5.70. The summed E-state index contributed by atoms with van der Waals surface area (Å²) < 4.78 is 0. The van der Waals surface area contributed by atoms with Crippen LogP contribution in [0.5, 0.6) is 0 Å². The van der Waals surface area contributed by atoms with Gasteiger partial charge in [-0.05, 0) is 19.3 Å². The minimum absolute atomic E-state index is 0.565. The van der Waals surface area contributed by atoms with Crippen molar-refractivity contribution in [2.45, 2.75) is 58.5 Å². The van der Waals surface area contributed by atoms with Crippen LogP contribution in [0, 0.1) is 0 Å². The van der Waals surface area contributed by atoms with Crippen molar-refractivity contribution in [3.05, 3.63) is 15.6 Å². The van der Waals surface area contributed by atoms with Gasteiger partial charge in [0.05, 0.1) is 10.7 Å². The van der Waals surface area contributed by atoms with Gasteiger partial charge >= 0.3 is 0 Å². The van der Waals surface area contributed by atoms with Gasteiger partial charge < -0.3 is 5.32 Å². The summed E-state index contributed by atoms with van der Waals surface area (Å²) >= 11 is 1.89. The van der Waals surface area contributed by atoms with Crippen LogP contribution in [0.15, 0.2) is 0 Å². The van der Waals surface area contributed by atoms with Gasteiger partial charge in [-0.15, -0.1) is 11.3 Å². The molecule has 0 amide bonds. The lowest BCUT2D eigenvalue weighted by Gasteiger charge is -2.00. The molecule has 1 heterocycles. The van der Waals surface area contributed by atoms with Crippen LogP contribution >= 0.6 is 11.3 Å². The zero-order valence-corrected chi connectivity index (χ0v) is 10.7. The first-order chi connectivity index (χ1) is 7.20. The van der Waals surface area contributed by atoms with Crippen molar-refractivity contribution in [3.63, 3.8) is 0 Å². The van der Waals surface area contributed by atoms with Crippen molar-refractivity contribution in [3.8, 4) is 0 Å². The first kappa shape index (κ1) is 11.1. The zero-order valence-electron chi connectivity index (χ0n) is 9.84. The molecule has 0 unspecified atom stereocenters. The summed E-state index contributed by atoms with van der Waals surface area (Å²) in [5, 5.41) is 4.86. The lowest BCUT2D eigenvalue weighted by Crippen LogP contribution is -2.15. The SMILES string of the molecule is CCc1nc(C(C)C)sc1CNC1CC1. The van der Waals surface area contributed by atoms with Gasteiger partial charge in [-0.2, -0.15) is 0 Å². The maximum Gasteiger partial charge on any atom is 0.0957 e. The quantitative estimate of drug-likeness (QED) is 0.831. The van der Waals surface area contributed by atoms with E-state index in [-0.39, 0.29) is 0 Å². The summed E-state index contributed by atoms with van der Waals surface area (Å²) in [6.07, 6.45) is 3.78. The standard InChI is InChI=1S/C12H20N2S/c1-4-10-11(7-13-9-5-6-9)15-12(14-10)8(2)3/h8-9,13H,4-7H2,1-3H3. The highest BCUT2D eigenvalue weighted by molar-refractivity contribution is 7.11. The summed E-state index contributed by atoms with van der Waals surface area (Å²) in [4.78, 5) is 6.16. The van der Waals surface area contributed by atoms with Crippen molar-refractivity contribution in [2.24, 2.45) is 0 Å². The molecule has 0 spiro atoms. The molecule has 2 nitrogen and oxygen atoms in total. The zero-order chi connectivity index (χ0) is 10.8. The van der Waals surface area contributed by atoms with Crippen LogP contribution in [-0.2, 0) is 13.0 Å². The first-order valence-electron chi connectivity index (χ1n) is 5.92. The topological polar surface area (TPSA) is 24.9 Å². The molecule has 1 saturated carbocycles. The monoisotopic (exact) mass is 224 g/mol. The molecule has 1 N–H and O–H groups in total. The van der Waals surface area contributed by atoms with Crippen molar-refractivity contribution in [1.29, 1.82) is 0 Å². The Morgan fingerprint density at radius 2 is 2.20 bits per heavy atom. The van der Waals surface area contributed by atoms with Crippen LogP contribution in [-0.4, -0.2) is 11.0 Å². The molecule has 0 saturated heterocycles. The molecular formula is C12H20N2S. The van der Waals surface area contributed by atoms with Crippen LogP contribution in [0.2, 0.25) is 0 Å². The van der Waals surface area contributed by atoms with Crippen molar-refractivity contribution < 1.29 is 0 Å². The lowest BCUT2D eigenvalue weighted by atomic mass is 10.2. The van der Waals surface area contributed by atoms with Gasteiger partial charge in [-0.3, -0.25) is 0 Å². The molecule has 0 aliphatic heterocycles. The molecule has 1 fully saturated rings. The Hall–Kier alpha value is -0.410. The smallest absolute Gasteiger partial charge is 0.0957 e. The van der Waals surface area contributed by atoms with E-state index in [0.29, 0.717) is 5.92 Å². The normalized spacial score (nSPS) is 16.3. The summed E-state index contributed by atoms with van der Waals surface area (Å²) in [6.45, 7) is 7.66. The Balaban J connectivity index is 2.05. The van der Waals surface area contributed by atoms with E-state index in [0.717, 1.165) is 19.0 Å². The summed E-state index contributed by atoms with van der Waals surface area (Å²) in [7, 11) is 0. The highest BCUT2D eigenvalue weighted by atomic mass is 32.1. The second kappa shape index (κ2) is 4.62. The van der Waals surface area contributed by atoms with Gasteiger partial charge in [-0.25, -0.2) is 4.98 Å². The largest absolute Gasteiger partial charge is 0.309 e. The highest BCUT2D eigenvalue weighted by Crippen LogP contribution is 2.26. The van der Waals surface area contributed by atoms with Gasteiger partial charge in [0.25, 0.3) is 0 Å². The molecule has 0 bridgehead atoms. The third-order valence-electron chi connectivity index (χ3n) is 2.75. The first-order valence-corrected chi connectivity index (χ1v) is 6.74. The fourth-order valence-electron chi connectivity index (χ4n) is 1.59.